The first kappa shape index (κ1) is 12.1. The van der Waals surface area contributed by atoms with E-state index in [1.165, 1.54) is 16.2 Å². The quantitative estimate of drug-likeness (QED) is 0.858. The summed E-state index contributed by atoms with van der Waals surface area (Å²) in [6, 6.07) is 3.58. The monoisotopic (exact) mass is 284 g/mol. The molecule has 4 nitrogen and oxygen atoms in total. The van der Waals surface area contributed by atoms with Gasteiger partial charge in [-0.15, -0.1) is 11.3 Å². The molecule has 1 aromatic rings. The first-order valence-corrected chi connectivity index (χ1v) is 7.18. The minimum Gasteiger partial charge on any atom is -0.300 e. The second kappa shape index (κ2) is 4.64. The Kier molecular flexibility index (Phi) is 3.13. The average Bonchev–Trinajstić information content (AvgIpc) is 3.00. The van der Waals surface area contributed by atoms with Crippen molar-refractivity contribution >= 4 is 34.8 Å². The Hall–Kier alpha value is -0.910. The number of nitrogens with one attached hydrogen (secondary N) is 1. The highest BCUT2D eigenvalue weighted by Crippen LogP contribution is 2.31. The summed E-state index contributed by atoms with van der Waals surface area (Å²) in [6.07, 6.45) is 2.21. The lowest BCUT2D eigenvalue weighted by Gasteiger charge is -2.14. The van der Waals surface area contributed by atoms with Gasteiger partial charge in [0.05, 0.1) is 16.8 Å². The van der Waals surface area contributed by atoms with E-state index in [1.54, 1.807) is 0 Å². The van der Waals surface area contributed by atoms with Crippen LogP contribution in [0.1, 0.15) is 24.1 Å². The van der Waals surface area contributed by atoms with Crippen LogP contribution in [0.5, 0.6) is 0 Å². The van der Waals surface area contributed by atoms with E-state index in [0.29, 0.717) is 6.54 Å². The van der Waals surface area contributed by atoms with E-state index in [9.17, 15) is 9.59 Å². The normalized spacial score (nSPS) is 24.1. The van der Waals surface area contributed by atoms with Crippen LogP contribution < -0.4 is 5.32 Å². The molecule has 0 radical (unpaired) electrons. The van der Waals surface area contributed by atoms with E-state index in [1.807, 2.05) is 12.1 Å². The maximum atomic E-state index is 12.0. The molecule has 0 aromatic carbocycles. The number of amides is 2. The molecule has 1 aliphatic carbocycles. The van der Waals surface area contributed by atoms with Crippen molar-refractivity contribution in [2.24, 2.45) is 0 Å². The lowest BCUT2D eigenvalue weighted by Crippen LogP contribution is -2.39. The van der Waals surface area contributed by atoms with Gasteiger partial charge in [-0.2, -0.15) is 0 Å². The van der Waals surface area contributed by atoms with Crippen LogP contribution in [-0.2, 0) is 16.1 Å². The van der Waals surface area contributed by atoms with Crippen molar-refractivity contribution in [1.82, 2.24) is 10.2 Å². The van der Waals surface area contributed by atoms with Gasteiger partial charge in [0.25, 0.3) is 0 Å². The fourth-order valence-electron chi connectivity index (χ4n) is 2.20. The van der Waals surface area contributed by atoms with Gasteiger partial charge in [0.2, 0.25) is 11.8 Å². The zero-order chi connectivity index (χ0) is 12.7. The van der Waals surface area contributed by atoms with Crippen LogP contribution in [0.2, 0.25) is 4.34 Å². The Morgan fingerprint density at radius 3 is 2.78 bits per heavy atom. The maximum absolute atomic E-state index is 12.0. The number of thiophene rings is 1. The molecule has 3 rings (SSSR count). The van der Waals surface area contributed by atoms with Gasteiger partial charge in [-0.05, 0) is 25.0 Å². The van der Waals surface area contributed by atoms with Crippen molar-refractivity contribution in [2.45, 2.75) is 37.9 Å². The molecule has 1 saturated carbocycles. The summed E-state index contributed by atoms with van der Waals surface area (Å²) in [6.45, 7) is 0.583. The molecule has 2 fully saturated rings. The number of imide groups is 1. The predicted octanol–water partition coefficient (Wildman–Crippen LogP) is 1.78. The van der Waals surface area contributed by atoms with Gasteiger partial charge in [-0.1, -0.05) is 11.6 Å². The lowest BCUT2D eigenvalue weighted by atomic mass is 10.2. The molecule has 1 unspecified atom stereocenters. The van der Waals surface area contributed by atoms with Gasteiger partial charge in [-0.3, -0.25) is 14.5 Å². The SMILES string of the molecule is O=C1CC(NCc2ccc(Cl)s2)C(=O)N1C1CC1. The highest BCUT2D eigenvalue weighted by atomic mass is 35.5. The van der Waals surface area contributed by atoms with Crippen LogP contribution in [0.15, 0.2) is 12.1 Å². The van der Waals surface area contributed by atoms with Gasteiger partial charge in [0.1, 0.15) is 0 Å². The average molecular weight is 285 g/mol. The summed E-state index contributed by atoms with van der Waals surface area (Å²) in [5.41, 5.74) is 0. The Morgan fingerprint density at radius 1 is 1.39 bits per heavy atom. The second-order valence-corrected chi connectivity index (χ2v) is 6.48. The first-order chi connectivity index (χ1) is 8.65. The molecule has 18 heavy (non-hydrogen) atoms. The molecule has 6 heteroatoms. The van der Waals surface area contributed by atoms with E-state index < -0.39 is 0 Å². The highest BCUT2D eigenvalue weighted by molar-refractivity contribution is 7.16. The van der Waals surface area contributed by atoms with Gasteiger partial charge >= 0.3 is 0 Å². The molecule has 2 amide bonds. The summed E-state index contributed by atoms with van der Waals surface area (Å²) in [5, 5.41) is 3.14. The number of hydrogen-bond acceptors (Lipinski definition) is 4. The zero-order valence-corrected chi connectivity index (χ0v) is 11.3. The minimum absolute atomic E-state index is 0.0378. The Balaban J connectivity index is 1.60. The third-order valence-electron chi connectivity index (χ3n) is 3.25. The van der Waals surface area contributed by atoms with Crippen LogP contribution in [0.25, 0.3) is 0 Å². The number of likely N-dealkylation sites (tertiary alicyclic amines) is 1. The summed E-state index contributed by atoms with van der Waals surface area (Å²) >= 11 is 7.33. The summed E-state index contributed by atoms with van der Waals surface area (Å²) < 4.78 is 0.736. The Morgan fingerprint density at radius 2 is 2.17 bits per heavy atom. The number of carbonyl (C=O) groups is 2. The van der Waals surface area contributed by atoms with Crippen LogP contribution >= 0.6 is 22.9 Å². The largest absolute Gasteiger partial charge is 0.300 e. The lowest BCUT2D eigenvalue weighted by molar-refractivity contribution is -0.139. The van der Waals surface area contributed by atoms with Crippen LogP contribution in [0.4, 0.5) is 0 Å². The standard InChI is InChI=1S/C12H13ClN2O2S/c13-10-4-3-8(18-10)6-14-9-5-11(16)15(12(9)17)7-1-2-7/h3-4,7,9,14H,1-2,5-6H2. The van der Waals surface area contributed by atoms with Crippen molar-refractivity contribution < 1.29 is 9.59 Å². The van der Waals surface area contributed by atoms with Gasteiger partial charge in [0, 0.05) is 17.5 Å². The molecular weight excluding hydrogens is 272 g/mol. The first-order valence-electron chi connectivity index (χ1n) is 5.98. The molecule has 1 aliphatic heterocycles. The van der Waals surface area contributed by atoms with Crippen molar-refractivity contribution in [3.05, 3.63) is 21.3 Å². The molecule has 1 N–H and O–H groups in total. The highest BCUT2D eigenvalue weighted by Gasteiger charge is 2.45. The van der Waals surface area contributed by atoms with Crippen LogP contribution in [0, 0.1) is 0 Å². The molecule has 0 spiro atoms. The number of hydrogen-bond donors (Lipinski definition) is 1. The van der Waals surface area contributed by atoms with Gasteiger partial charge in [0.15, 0.2) is 0 Å². The van der Waals surface area contributed by atoms with E-state index in [4.69, 9.17) is 11.6 Å². The fourth-order valence-corrected chi connectivity index (χ4v) is 3.24. The summed E-state index contributed by atoms with van der Waals surface area (Å²) in [5.74, 6) is -0.102. The molecule has 1 atom stereocenters. The smallest absolute Gasteiger partial charge is 0.247 e. The van der Waals surface area contributed by atoms with Crippen LogP contribution in [-0.4, -0.2) is 28.8 Å². The van der Waals surface area contributed by atoms with E-state index in [0.717, 1.165) is 22.1 Å². The number of halogens is 1. The maximum Gasteiger partial charge on any atom is 0.247 e. The van der Waals surface area contributed by atoms with Crippen molar-refractivity contribution in [3.8, 4) is 0 Å². The fraction of sp³-hybridized carbons (Fsp3) is 0.500. The topological polar surface area (TPSA) is 49.4 Å². The van der Waals surface area contributed by atoms with E-state index in [2.05, 4.69) is 5.32 Å². The molecule has 1 aromatic heterocycles. The van der Waals surface area contributed by atoms with E-state index >= 15 is 0 Å². The molecule has 1 saturated heterocycles. The van der Waals surface area contributed by atoms with E-state index in [-0.39, 0.29) is 30.3 Å². The number of rotatable bonds is 4. The zero-order valence-electron chi connectivity index (χ0n) is 9.69. The second-order valence-electron chi connectivity index (χ2n) is 4.68. The van der Waals surface area contributed by atoms with Crippen molar-refractivity contribution in [2.75, 3.05) is 0 Å². The van der Waals surface area contributed by atoms with Gasteiger partial charge < -0.3 is 5.32 Å². The Labute approximate surface area is 114 Å². The predicted molar refractivity (Wildman–Crippen MR) is 69.4 cm³/mol. The molecule has 2 aliphatic rings. The molecular formula is C12H13ClN2O2S. The minimum atomic E-state index is -0.362. The summed E-state index contributed by atoms with van der Waals surface area (Å²) in [4.78, 5) is 26.3. The molecule has 96 valence electrons. The number of carbonyl (C=O) groups excluding carboxylic acids is 2. The van der Waals surface area contributed by atoms with Gasteiger partial charge in [-0.25, -0.2) is 0 Å². The molecule has 2 heterocycles. The van der Waals surface area contributed by atoms with Crippen molar-refractivity contribution in [1.29, 1.82) is 0 Å². The Bertz CT molecular complexity index is 498. The third-order valence-corrected chi connectivity index (χ3v) is 4.48. The summed E-state index contributed by atoms with van der Waals surface area (Å²) in [7, 11) is 0. The number of nitrogens with zero attached hydrogens (tertiary/aromatic N) is 1. The third kappa shape index (κ3) is 2.30. The van der Waals surface area contributed by atoms with Crippen molar-refractivity contribution in [3.63, 3.8) is 0 Å². The molecule has 0 bridgehead atoms. The van der Waals surface area contributed by atoms with Crippen LogP contribution in [0.3, 0.4) is 0 Å².